The lowest BCUT2D eigenvalue weighted by Gasteiger charge is -2.31. The van der Waals surface area contributed by atoms with Crippen molar-refractivity contribution < 1.29 is 14.6 Å². The van der Waals surface area contributed by atoms with E-state index in [0.717, 1.165) is 25.9 Å². The molecule has 3 N–H and O–H groups in total. The number of rotatable bonds is 6. The van der Waals surface area contributed by atoms with E-state index in [-0.39, 0.29) is 18.4 Å². The van der Waals surface area contributed by atoms with E-state index < -0.39 is 6.10 Å². The highest BCUT2D eigenvalue weighted by Gasteiger charge is 2.24. The summed E-state index contributed by atoms with van der Waals surface area (Å²) in [6.45, 7) is 2.09. The Morgan fingerprint density at radius 2 is 1.95 bits per heavy atom. The highest BCUT2D eigenvalue weighted by Crippen LogP contribution is 2.32. The van der Waals surface area contributed by atoms with E-state index in [1.807, 2.05) is 0 Å². The van der Waals surface area contributed by atoms with Crippen molar-refractivity contribution >= 4 is 29.1 Å². The number of carbonyl (C=O) groups is 1. The van der Waals surface area contributed by atoms with Crippen LogP contribution in [-0.4, -0.2) is 48.3 Å². The van der Waals surface area contributed by atoms with Crippen molar-refractivity contribution in [1.29, 1.82) is 0 Å². The molecule has 2 rings (SSSR count). The molecule has 1 aliphatic rings. The van der Waals surface area contributed by atoms with Crippen molar-refractivity contribution in [2.24, 2.45) is 11.7 Å². The van der Waals surface area contributed by atoms with Gasteiger partial charge in [0, 0.05) is 12.5 Å². The van der Waals surface area contributed by atoms with Crippen LogP contribution in [0, 0.1) is 5.92 Å². The number of hydrogen-bond donors (Lipinski definition) is 2. The summed E-state index contributed by atoms with van der Waals surface area (Å²) < 4.78 is 5.52. The van der Waals surface area contributed by atoms with Gasteiger partial charge in [-0.1, -0.05) is 29.3 Å². The number of benzene rings is 1. The van der Waals surface area contributed by atoms with Gasteiger partial charge in [0.1, 0.15) is 12.7 Å². The number of halogens is 2. The predicted molar refractivity (Wildman–Crippen MR) is 86.3 cm³/mol. The zero-order valence-corrected chi connectivity index (χ0v) is 13.7. The molecule has 0 aromatic heterocycles. The number of aliphatic hydroxyl groups excluding tert-OH is 1. The first kappa shape index (κ1) is 17.3. The summed E-state index contributed by atoms with van der Waals surface area (Å²) in [5.74, 6) is 0.0980. The van der Waals surface area contributed by atoms with Gasteiger partial charge in [-0.25, -0.2) is 0 Å². The summed E-state index contributed by atoms with van der Waals surface area (Å²) in [5.41, 5.74) is 5.30. The summed E-state index contributed by atoms with van der Waals surface area (Å²) in [6.07, 6.45) is 0.816. The quantitative estimate of drug-likeness (QED) is 0.825. The van der Waals surface area contributed by atoms with Crippen molar-refractivity contribution in [1.82, 2.24) is 4.90 Å². The SMILES string of the molecule is NC(=O)C1CCN(C[C@@H](O)COc2c(Cl)cccc2Cl)CC1. The Bertz CT molecular complexity index is 499. The van der Waals surface area contributed by atoms with Gasteiger partial charge in [-0.15, -0.1) is 0 Å². The molecule has 1 amide bonds. The Kier molecular flexibility index (Phi) is 6.32. The molecular formula is C15H20Cl2N2O3. The van der Waals surface area contributed by atoms with E-state index in [1.54, 1.807) is 18.2 Å². The second-order valence-corrected chi connectivity index (χ2v) is 6.31. The number of piperidine rings is 1. The van der Waals surface area contributed by atoms with Crippen LogP contribution in [0.4, 0.5) is 0 Å². The van der Waals surface area contributed by atoms with E-state index in [2.05, 4.69) is 4.90 Å². The fourth-order valence-corrected chi connectivity index (χ4v) is 3.06. The Hall–Kier alpha value is -1.01. The lowest BCUT2D eigenvalue weighted by atomic mass is 9.96. The first-order valence-corrected chi connectivity index (χ1v) is 7.99. The summed E-state index contributed by atoms with van der Waals surface area (Å²) in [6, 6.07) is 5.10. The molecule has 1 fully saturated rings. The smallest absolute Gasteiger partial charge is 0.220 e. The minimum atomic E-state index is -0.655. The molecule has 0 spiro atoms. The average Bonchev–Trinajstić information content (AvgIpc) is 2.47. The predicted octanol–water partition coefficient (Wildman–Crippen LogP) is 1.93. The summed E-state index contributed by atoms with van der Waals surface area (Å²) in [4.78, 5) is 13.2. The Balaban J connectivity index is 1.77. The van der Waals surface area contributed by atoms with Gasteiger partial charge in [0.2, 0.25) is 5.91 Å². The maximum absolute atomic E-state index is 11.1. The van der Waals surface area contributed by atoms with Crippen molar-refractivity contribution in [3.63, 3.8) is 0 Å². The molecule has 22 heavy (non-hydrogen) atoms. The fourth-order valence-electron chi connectivity index (χ4n) is 2.55. The van der Waals surface area contributed by atoms with E-state index in [9.17, 15) is 9.90 Å². The monoisotopic (exact) mass is 346 g/mol. The minimum absolute atomic E-state index is 0.0495. The number of nitrogens with zero attached hydrogens (tertiary/aromatic N) is 1. The van der Waals surface area contributed by atoms with Crippen LogP contribution < -0.4 is 10.5 Å². The Morgan fingerprint density at radius 3 is 2.50 bits per heavy atom. The molecule has 1 heterocycles. The van der Waals surface area contributed by atoms with E-state index in [1.165, 1.54) is 0 Å². The molecule has 5 nitrogen and oxygen atoms in total. The zero-order chi connectivity index (χ0) is 16.1. The highest BCUT2D eigenvalue weighted by molar-refractivity contribution is 6.37. The Labute approximate surface area is 139 Å². The van der Waals surface area contributed by atoms with Gasteiger partial charge in [0.05, 0.1) is 10.0 Å². The molecule has 122 valence electrons. The van der Waals surface area contributed by atoms with E-state index in [4.69, 9.17) is 33.7 Å². The maximum Gasteiger partial charge on any atom is 0.220 e. The number of amides is 1. The standard InChI is InChI=1S/C15H20Cl2N2O3/c16-12-2-1-3-13(17)14(12)22-9-11(20)8-19-6-4-10(5-7-19)15(18)21/h1-3,10-11,20H,4-9H2,(H2,18,21)/t11-/m1/s1. The third-order valence-electron chi connectivity index (χ3n) is 3.80. The number of carbonyl (C=O) groups excluding carboxylic acids is 1. The highest BCUT2D eigenvalue weighted by atomic mass is 35.5. The first-order valence-electron chi connectivity index (χ1n) is 7.24. The molecule has 1 aromatic carbocycles. The van der Waals surface area contributed by atoms with E-state index in [0.29, 0.717) is 22.3 Å². The van der Waals surface area contributed by atoms with Gasteiger partial charge in [0.25, 0.3) is 0 Å². The van der Waals surface area contributed by atoms with Crippen molar-refractivity contribution in [2.75, 3.05) is 26.2 Å². The maximum atomic E-state index is 11.1. The van der Waals surface area contributed by atoms with Crippen LogP contribution in [0.3, 0.4) is 0 Å². The Morgan fingerprint density at radius 1 is 1.36 bits per heavy atom. The van der Waals surface area contributed by atoms with Gasteiger partial charge in [-0.2, -0.15) is 0 Å². The summed E-state index contributed by atoms with van der Waals surface area (Å²) >= 11 is 12.0. The topological polar surface area (TPSA) is 75.8 Å². The second-order valence-electron chi connectivity index (χ2n) is 5.49. The molecule has 7 heteroatoms. The molecule has 0 aliphatic carbocycles. The largest absolute Gasteiger partial charge is 0.488 e. The molecule has 1 atom stereocenters. The number of likely N-dealkylation sites (tertiary alicyclic amines) is 1. The molecular weight excluding hydrogens is 327 g/mol. The lowest BCUT2D eigenvalue weighted by Crippen LogP contribution is -2.43. The average molecular weight is 347 g/mol. The van der Waals surface area contributed by atoms with Gasteiger partial charge in [0.15, 0.2) is 5.75 Å². The molecule has 0 saturated carbocycles. The van der Waals surface area contributed by atoms with Crippen molar-refractivity contribution in [3.8, 4) is 5.75 Å². The second kappa shape index (κ2) is 8.02. The summed E-state index contributed by atoms with van der Waals surface area (Å²) in [7, 11) is 0. The van der Waals surface area contributed by atoms with Crippen LogP contribution in [-0.2, 0) is 4.79 Å². The van der Waals surface area contributed by atoms with Crippen LogP contribution in [0.25, 0.3) is 0 Å². The number of nitrogens with two attached hydrogens (primary N) is 1. The van der Waals surface area contributed by atoms with Crippen LogP contribution >= 0.6 is 23.2 Å². The molecule has 1 aromatic rings. The van der Waals surface area contributed by atoms with Crippen LogP contribution in [0.1, 0.15) is 12.8 Å². The van der Waals surface area contributed by atoms with Crippen LogP contribution in [0.2, 0.25) is 10.0 Å². The molecule has 0 bridgehead atoms. The van der Waals surface area contributed by atoms with Gasteiger partial charge >= 0.3 is 0 Å². The third kappa shape index (κ3) is 4.74. The van der Waals surface area contributed by atoms with Gasteiger partial charge < -0.3 is 20.5 Å². The fraction of sp³-hybridized carbons (Fsp3) is 0.533. The van der Waals surface area contributed by atoms with Gasteiger partial charge in [-0.05, 0) is 38.1 Å². The van der Waals surface area contributed by atoms with Crippen LogP contribution in [0.15, 0.2) is 18.2 Å². The van der Waals surface area contributed by atoms with Crippen LogP contribution in [0.5, 0.6) is 5.75 Å². The molecule has 0 radical (unpaired) electrons. The number of hydrogen-bond acceptors (Lipinski definition) is 4. The van der Waals surface area contributed by atoms with E-state index >= 15 is 0 Å². The number of ether oxygens (including phenoxy) is 1. The lowest BCUT2D eigenvalue weighted by molar-refractivity contribution is -0.123. The van der Waals surface area contributed by atoms with Crippen molar-refractivity contribution in [3.05, 3.63) is 28.2 Å². The third-order valence-corrected chi connectivity index (χ3v) is 4.39. The summed E-state index contributed by atoms with van der Waals surface area (Å²) in [5, 5.41) is 10.9. The molecule has 0 unspecified atom stereocenters. The number of aliphatic hydroxyl groups is 1. The number of primary amides is 1. The molecule has 1 aliphatic heterocycles. The number of β-amino-alcohol motifs (C(OH)–C–C–N with tert-alkyl or cyclic N) is 1. The number of para-hydroxylation sites is 1. The first-order chi connectivity index (χ1) is 10.5. The normalized spacial score (nSPS) is 18.1. The minimum Gasteiger partial charge on any atom is -0.488 e. The van der Waals surface area contributed by atoms with Gasteiger partial charge in [-0.3, -0.25) is 4.79 Å². The van der Waals surface area contributed by atoms with Crippen molar-refractivity contribution in [2.45, 2.75) is 18.9 Å². The zero-order valence-electron chi connectivity index (χ0n) is 12.2. The molecule has 1 saturated heterocycles.